The third-order valence-electron chi connectivity index (χ3n) is 5.20. The van der Waals surface area contributed by atoms with Crippen molar-refractivity contribution < 1.29 is 13.9 Å². The van der Waals surface area contributed by atoms with Crippen LogP contribution in [0.3, 0.4) is 0 Å². The highest BCUT2D eigenvalue weighted by Gasteiger charge is 2.29. The maximum absolute atomic E-state index is 13.4. The quantitative estimate of drug-likeness (QED) is 0.704. The second-order valence-electron chi connectivity index (χ2n) is 7.69. The predicted molar refractivity (Wildman–Crippen MR) is 108 cm³/mol. The second-order valence-corrected chi connectivity index (χ2v) is 7.69. The molecule has 0 bridgehead atoms. The lowest BCUT2D eigenvalue weighted by Crippen LogP contribution is -2.46. The van der Waals surface area contributed by atoms with Gasteiger partial charge in [-0.15, -0.1) is 0 Å². The first-order valence-corrected chi connectivity index (χ1v) is 10.2. The first-order valence-electron chi connectivity index (χ1n) is 10.2. The fraction of sp³-hybridized carbons (Fsp3) is 0.591. The molecule has 2 heterocycles. The molecule has 0 N–H and O–H groups in total. The van der Waals surface area contributed by atoms with E-state index in [1.807, 2.05) is 29.2 Å². The molecule has 5 nitrogen and oxygen atoms in total. The first-order chi connectivity index (χ1) is 13.1. The standard InChI is InChI=1S/C22H32N2O3/c1-4-5-11-20-21(18-10-6-7-12-19(18)27-20)22(25)24-14-15-26-17(16-24)9-8-13-23(2)3/h6-7,10,12,17H,4-5,8-9,11,13-16H2,1-3H3. The molecule has 0 spiro atoms. The van der Waals surface area contributed by atoms with Crippen LogP contribution in [0.15, 0.2) is 28.7 Å². The largest absolute Gasteiger partial charge is 0.460 e. The summed E-state index contributed by atoms with van der Waals surface area (Å²) in [5, 5.41) is 0.934. The number of carbonyl (C=O) groups excluding carboxylic acids is 1. The van der Waals surface area contributed by atoms with E-state index in [1.165, 1.54) is 0 Å². The monoisotopic (exact) mass is 372 g/mol. The number of unbranched alkanes of at least 4 members (excludes halogenated alkanes) is 1. The molecule has 1 aliphatic heterocycles. The van der Waals surface area contributed by atoms with E-state index in [0.29, 0.717) is 19.7 Å². The molecule has 1 aromatic heterocycles. The van der Waals surface area contributed by atoms with Gasteiger partial charge in [-0.05, 0) is 46.0 Å². The molecule has 3 rings (SSSR count). The topological polar surface area (TPSA) is 45.9 Å². The van der Waals surface area contributed by atoms with Crippen molar-refractivity contribution in [2.45, 2.75) is 45.1 Å². The molecule has 1 atom stereocenters. The van der Waals surface area contributed by atoms with Crippen molar-refractivity contribution in [2.75, 3.05) is 40.3 Å². The van der Waals surface area contributed by atoms with Crippen molar-refractivity contribution in [3.63, 3.8) is 0 Å². The molecule has 1 fully saturated rings. The average molecular weight is 373 g/mol. The molecule has 0 saturated carbocycles. The lowest BCUT2D eigenvalue weighted by Gasteiger charge is -2.33. The summed E-state index contributed by atoms with van der Waals surface area (Å²) >= 11 is 0. The number of benzene rings is 1. The Bertz CT molecular complexity index is 753. The van der Waals surface area contributed by atoms with Gasteiger partial charge in [0.2, 0.25) is 0 Å². The van der Waals surface area contributed by atoms with Crippen LogP contribution in [0.1, 0.15) is 48.7 Å². The van der Waals surface area contributed by atoms with Crippen LogP contribution < -0.4 is 0 Å². The number of fused-ring (bicyclic) bond motifs is 1. The zero-order valence-corrected chi connectivity index (χ0v) is 16.9. The second kappa shape index (κ2) is 9.38. The zero-order chi connectivity index (χ0) is 19.2. The minimum Gasteiger partial charge on any atom is -0.460 e. The van der Waals surface area contributed by atoms with Gasteiger partial charge in [0.15, 0.2) is 0 Å². The van der Waals surface area contributed by atoms with Crippen molar-refractivity contribution in [3.05, 3.63) is 35.6 Å². The van der Waals surface area contributed by atoms with Crippen molar-refractivity contribution in [2.24, 2.45) is 0 Å². The maximum atomic E-state index is 13.4. The predicted octanol–water partition coefficient (Wildman–Crippen LogP) is 3.96. The normalized spacial score (nSPS) is 17.8. The Morgan fingerprint density at radius 1 is 1.26 bits per heavy atom. The van der Waals surface area contributed by atoms with Gasteiger partial charge in [0, 0.05) is 24.9 Å². The molecule has 5 heteroatoms. The number of hydrogen-bond donors (Lipinski definition) is 0. The van der Waals surface area contributed by atoms with E-state index in [-0.39, 0.29) is 12.0 Å². The Hall–Kier alpha value is -1.85. The van der Waals surface area contributed by atoms with Crippen molar-refractivity contribution in [3.8, 4) is 0 Å². The maximum Gasteiger partial charge on any atom is 0.258 e. The number of amides is 1. The van der Waals surface area contributed by atoms with Crippen molar-refractivity contribution >= 4 is 16.9 Å². The van der Waals surface area contributed by atoms with Crippen LogP contribution in [-0.2, 0) is 11.2 Å². The van der Waals surface area contributed by atoms with Gasteiger partial charge in [0.05, 0.1) is 18.3 Å². The molecular formula is C22H32N2O3. The molecule has 0 radical (unpaired) electrons. The number of carbonyl (C=O) groups is 1. The van der Waals surface area contributed by atoms with Gasteiger partial charge in [-0.3, -0.25) is 4.79 Å². The molecular weight excluding hydrogens is 340 g/mol. The number of furan rings is 1. The van der Waals surface area contributed by atoms with E-state index in [4.69, 9.17) is 9.15 Å². The summed E-state index contributed by atoms with van der Waals surface area (Å²) in [7, 11) is 4.17. The summed E-state index contributed by atoms with van der Waals surface area (Å²) in [5.41, 5.74) is 1.57. The SMILES string of the molecule is CCCCc1oc2ccccc2c1C(=O)N1CCOC(CCCN(C)C)C1. The van der Waals surface area contributed by atoms with Crippen LogP contribution in [0.2, 0.25) is 0 Å². The Balaban J connectivity index is 1.76. The Kier molecular flexibility index (Phi) is 6.91. The minimum atomic E-state index is 0.0898. The Labute approximate surface area is 162 Å². The van der Waals surface area contributed by atoms with E-state index in [9.17, 15) is 4.79 Å². The lowest BCUT2D eigenvalue weighted by molar-refractivity contribution is -0.0260. The fourth-order valence-corrected chi connectivity index (χ4v) is 3.72. The number of hydrogen-bond acceptors (Lipinski definition) is 4. The number of ether oxygens (including phenoxy) is 1. The molecule has 1 amide bonds. The van der Waals surface area contributed by atoms with Crippen LogP contribution in [0.5, 0.6) is 0 Å². The highest BCUT2D eigenvalue weighted by molar-refractivity contribution is 6.07. The Morgan fingerprint density at radius 2 is 2.07 bits per heavy atom. The van der Waals surface area contributed by atoms with E-state index >= 15 is 0 Å². The van der Waals surface area contributed by atoms with Gasteiger partial charge in [-0.2, -0.15) is 0 Å². The van der Waals surface area contributed by atoms with Gasteiger partial charge in [-0.25, -0.2) is 0 Å². The van der Waals surface area contributed by atoms with Gasteiger partial charge in [-0.1, -0.05) is 31.5 Å². The van der Waals surface area contributed by atoms with Gasteiger partial charge in [0.1, 0.15) is 11.3 Å². The Morgan fingerprint density at radius 3 is 2.85 bits per heavy atom. The first kappa shape index (κ1) is 19.9. The fourth-order valence-electron chi connectivity index (χ4n) is 3.72. The van der Waals surface area contributed by atoms with Crippen molar-refractivity contribution in [1.82, 2.24) is 9.80 Å². The number of nitrogens with zero attached hydrogens (tertiary/aromatic N) is 2. The molecule has 1 saturated heterocycles. The third kappa shape index (κ3) is 4.90. The number of morpholine rings is 1. The summed E-state index contributed by atoms with van der Waals surface area (Å²) in [5.74, 6) is 0.922. The minimum absolute atomic E-state index is 0.0898. The van der Waals surface area contributed by atoms with Crippen LogP contribution in [0.4, 0.5) is 0 Å². The summed E-state index contributed by atoms with van der Waals surface area (Å²) < 4.78 is 12.0. The molecule has 148 valence electrons. The summed E-state index contributed by atoms with van der Waals surface area (Å²) in [6.45, 7) is 5.12. The van der Waals surface area contributed by atoms with Crippen LogP contribution in [0, 0.1) is 0 Å². The smallest absolute Gasteiger partial charge is 0.258 e. The van der Waals surface area contributed by atoms with E-state index in [0.717, 1.165) is 60.9 Å². The van der Waals surface area contributed by atoms with Crippen molar-refractivity contribution in [1.29, 1.82) is 0 Å². The average Bonchev–Trinajstić information content (AvgIpc) is 3.04. The highest BCUT2D eigenvalue weighted by atomic mass is 16.5. The van der Waals surface area contributed by atoms with Crippen LogP contribution >= 0.6 is 0 Å². The highest BCUT2D eigenvalue weighted by Crippen LogP contribution is 2.29. The zero-order valence-electron chi connectivity index (χ0n) is 16.9. The van der Waals surface area contributed by atoms with Gasteiger partial charge < -0.3 is 19.0 Å². The molecule has 27 heavy (non-hydrogen) atoms. The van der Waals surface area contributed by atoms with E-state index in [2.05, 4.69) is 25.9 Å². The summed E-state index contributed by atoms with van der Waals surface area (Å²) in [4.78, 5) is 17.5. The van der Waals surface area contributed by atoms with E-state index < -0.39 is 0 Å². The molecule has 0 aliphatic carbocycles. The van der Waals surface area contributed by atoms with Crippen LogP contribution in [0.25, 0.3) is 11.0 Å². The summed E-state index contributed by atoms with van der Waals surface area (Å²) in [6, 6.07) is 7.88. The molecule has 1 aliphatic rings. The summed E-state index contributed by atoms with van der Waals surface area (Å²) in [6.07, 6.45) is 5.10. The van der Waals surface area contributed by atoms with E-state index in [1.54, 1.807) is 0 Å². The lowest BCUT2D eigenvalue weighted by atomic mass is 10.0. The van der Waals surface area contributed by atoms with Gasteiger partial charge in [0.25, 0.3) is 5.91 Å². The van der Waals surface area contributed by atoms with Crippen LogP contribution in [-0.4, -0.2) is 62.1 Å². The number of aryl methyl sites for hydroxylation is 1. The number of rotatable bonds is 8. The molecule has 2 aromatic rings. The number of para-hydroxylation sites is 1. The molecule has 1 aromatic carbocycles. The molecule has 1 unspecified atom stereocenters. The third-order valence-corrected chi connectivity index (χ3v) is 5.20. The van der Waals surface area contributed by atoms with Gasteiger partial charge >= 0.3 is 0 Å².